The molecule has 170 valence electrons. The molecule has 2 aromatic carbocycles. The number of nitrogens with one attached hydrogen (secondary N) is 1. The molecule has 9 heteroatoms. The Morgan fingerprint density at radius 1 is 1.15 bits per heavy atom. The number of aryl methyl sites for hydroxylation is 1. The van der Waals surface area contributed by atoms with Crippen LogP contribution in [0.2, 0.25) is 0 Å². The lowest BCUT2D eigenvalue weighted by molar-refractivity contribution is 0.0659. The van der Waals surface area contributed by atoms with Gasteiger partial charge in [0.25, 0.3) is 5.56 Å². The van der Waals surface area contributed by atoms with Gasteiger partial charge < -0.3 is 10.1 Å². The number of hydrogen-bond acceptors (Lipinski definition) is 6. The molecule has 0 unspecified atom stereocenters. The molecule has 5 rings (SSSR count). The van der Waals surface area contributed by atoms with Crippen molar-refractivity contribution in [3.8, 4) is 0 Å². The second-order valence-electron chi connectivity index (χ2n) is 8.64. The molecule has 1 saturated heterocycles. The second-order valence-corrected chi connectivity index (χ2v) is 8.64. The molecule has 8 nitrogen and oxygen atoms in total. The Kier molecular flexibility index (Phi) is 5.74. The van der Waals surface area contributed by atoms with Crippen molar-refractivity contribution in [3.63, 3.8) is 0 Å². The van der Waals surface area contributed by atoms with Crippen molar-refractivity contribution in [3.05, 3.63) is 87.2 Å². The number of likely N-dealkylation sites (tertiary alicyclic amines) is 1. The van der Waals surface area contributed by atoms with Crippen LogP contribution in [0.15, 0.2) is 53.3 Å². The summed E-state index contributed by atoms with van der Waals surface area (Å²) in [5.41, 5.74) is 3.08. The van der Waals surface area contributed by atoms with Crippen molar-refractivity contribution < 1.29 is 9.50 Å². The third kappa shape index (κ3) is 4.42. The Morgan fingerprint density at radius 3 is 2.67 bits per heavy atom. The number of hydrogen-bond donors (Lipinski definition) is 2. The first-order valence-electron chi connectivity index (χ1n) is 11.0. The van der Waals surface area contributed by atoms with Crippen molar-refractivity contribution in [2.24, 2.45) is 0 Å². The minimum atomic E-state index is -0.485. The maximum absolute atomic E-state index is 13.4. The molecular formula is C24H25FN6O2. The molecule has 2 aromatic heterocycles. The summed E-state index contributed by atoms with van der Waals surface area (Å²) in [6.07, 6.45) is 0.871. The van der Waals surface area contributed by atoms with Crippen LogP contribution in [0.4, 0.5) is 4.39 Å². The molecule has 1 atom stereocenters. The minimum Gasteiger partial charge on any atom is -0.393 e. The Labute approximate surface area is 189 Å². The molecule has 2 N–H and O–H groups in total. The molecule has 3 heterocycles. The van der Waals surface area contributed by atoms with E-state index in [1.54, 1.807) is 16.8 Å². The molecule has 4 aromatic rings. The lowest BCUT2D eigenvalue weighted by atomic mass is 9.99. The van der Waals surface area contributed by atoms with Gasteiger partial charge >= 0.3 is 0 Å². The van der Waals surface area contributed by atoms with Gasteiger partial charge in [0.2, 0.25) is 0 Å². The maximum Gasteiger partial charge on any atom is 0.253 e. The SMILES string of the molecule is Cc1ccc2[nH]c(=O)c([C@H](c3nnnn3Cc3ccc(F)cc3)N3CCC(O)CC3)cc2c1. The smallest absolute Gasteiger partial charge is 0.253 e. The van der Waals surface area contributed by atoms with Crippen LogP contribution < -0.4 is 5.56 Å². The number of aliphatic hydroxyl groups excluding tert-OH is 1. The van der Waals surface area contributed by atoms with Crippen molar-refractivity contribution in [2.75, 3.05) is 13.1 Å². The highest BCUT2D eigenvalue weighted by atomic mass is 19.1. The van der Waals surface area contributed by atoms with E-state index in [2.05, 4.69) is 25.4 Å². The fraction of sp³-hybridized carbons (Fsp3) is 0.333. The maximum atomic E-state index is 13.4. The number of pyridine rings is 1. The number of halogens is 1. The predicted octanol–water partition coefficient (Wildman–Crippen LogP) is 2.56. The number of nitrogens with zero attached hydrogens (tertiary/aromatic N) is 5. The molecule has 0 aliphatic carbocycles. The number of benzene rings is 2. The van der Waals surface area contributed by atoms with Crippen LogP contribution >= 0.6 is 0 Å². The topological polar surface area (TPSA) is 99.9 Å². The summed E-state index contributed by atoms with van der Waals surface area (Å²) in [6.45, 7) is 3.58. The van der Waals surface area contributed by atoms with Crippen LogP contribution in [0.3, 0.4) is 0 Å². The first-order valence-corrected chi connectivity index (χ1v) is 11.0. The van der Waals surface area contributed by atoms with Gasteiger partial charge in [0.1, 0.15) is 11.9 Å². The lowest BCUT2D eigenvalue weighted by Crippen LogP contribution is -2.41. The van der Waals surface area contributed by atoms with Crippen LogP contribution in [0.5, 0.6) is 0 Å². The number of H-pyrrole nitrogens is 1. The highest BCUT2D eigenvalue weighted by Gasteiger charge is 2.32. The van der Waals surface area contributed by atoms with Gasteiger partial charge in [0.15, 0.2) is 5.82 Å². The average Bonchev–Trinajstić information content (AvgIpc) is 3.25. The predicted molar refractivity (Wildman–Crippen MR) is 121 cm³/mol. The molecule has 1 aliphatic rings. The second kappa shape index (κ2) is 8.84. The number of rotatable bonds is 5. The largest absolute Gasteiger partial charge is 0.393 e. The first kappa shape index (κ1) is 21.4. The van der Waals surface area contributed by atoms with Gasteiger partial charge in [-0.2, -0.15) is 0 Å². The zero-order valence-corrected chi connectivity index (χ0v) is 18.3. The van der Waals surface area contributed by atoms with Crippen LogP contribution in [-0.4, -0.2) is 54.4 Å². The zero-order chi connectivity index (χ0) is 22.9. The highest BCUT2D eigenvalue weighted by molar-refractivity contribution is 5.79. The first-order chi connectivity index (χ1) is 16.0. The standard InChI is InChI=1S/C24H25FN6O2/c1-15-2-7-21-17(12-15)13-20(24(33)26-21)22(30-10-8-19(32)9-11-30)23-27-28-29-31(23)14-16-3-5-18(25)6-4-16/h2-7,12-13,19,22,32H,8-11,14H2,1H3,(H,26,33)/t22-/m1/s1. The summed E-state index contributed by atoms with van der Waals surface area (Å²) < 4.78 is 15.0. The van der Waals surface area contributed by atoms with E-state index in [0.717, 1.165) is 22.0 Å². The van der Waals surface area contributed by atoms with Crippen LogP contribution in [0.25, 0.3) is 10.9 Å². The third-order valence-corrected chi connectivity index (χ3v) is 6.24. The van der Waals surface area contributed by atoms with E-state index in [-0.39, 0.29) is 17.5 Å². The quantitative estimate of drug-likeness (QED) is 0.487. The van der Waals surface area contributed by atoms with E-state index >= 15 is 0 Å². The zero-order valence-electron chi connectivity index (χ0n) is 18.3. The molecule has 0 radical (unpaired) electrons. The fourth-order valence-corrected chi connectivity index (χ4v) is 4.47. The monoisotopic (exact) mass is 448 g/mol. The number of aromatic amines is 1. The molecule has 0 bridgehead atoms. The van der Waals surface area contributed by atoms with Gasteiger partial charge in [-0.25, -0.2) is 9.07 Å². The summed E-state index contributed by atoms with van der Waals surface area (Å²) >= 11 is 0. The van der Waals surface area contributed by atoms with Gasteiger partial charge in [0.05, 0.1) is 12.6 Å². The third-order valence-electron chi connectivity index (χ3n) is 6.24. The lowest BCUT2D eigenvalue weighted by Gasteiger charge is -2.35. The van der Waals surface area contributed by atoms with Crippen molar-refractivity contribution in [2.45, 2.75) is 38.5 Å². The molecular weight excluding hydrogens is 423 g/mol. The summed E-state index contributed by atoms with van der Waals surface area (Å²) in [5, 5.41) is 23.4. The number of aromatic nitrogens is 5. The van der Waals surface area contributed by atoms with Gasteiger partial charge in [-0.1, -0.05) is 23.8 Å². The number of piperidine rings is 1. The van der Waals surface area contributed by atoms with Gasteiger partial charge in [0, 0.05) is 24.2 Å². The Hall–Kier alpha value is -3.43. The summed E-state index contributed by atoms with van der Waals surface area (Å²) in [6, 6.07) is 13.5. The van der Waals surface area contributed by atoms with Crippen molar-refractivity contribution in [1.29, 1.82) is 0 Å². The molecule has 1 aliphatic heterocycles. The van der Waals surface area contributed by atoms with E-state index in [9.17, 15) is 14.3 Å². The average molecular weight is 449 g/mol. The van der Waals surface area contributed by atoms with E-state index in [1.807, 2.05) is 31.2 Å². The Morgan fingerprint density at radius 2 is 1.91 bits per heavy atom. The minimum absolute atomic E-state index is 0.196. The van der Waals surface area contributed by atoms with Gasteiger partial charge in [-0.15, -0.1) is 5.10 Å². The normalized spacial score (nSPS) is 16.3. The molecule has 0 amide bonds. The molecule has 0 spiro atoms. The molecule has 33 heavy (non-hydrogen) atoms. The summed E-state index contributed by atoms with van der Waals surface area (Å²) in [4.78, 5) is 18.4. The Bertz CT molecular complexity index is 1330. The van der Waals surface area contributed by atoms with Crippen molar-refractivity contribution in [1.82, 2.24) is 30.1 Å². The number of aliphatic hydroxyl groups is 1. The van der Waals surface area contributed by atoms with E-state index in [4.69, 9.17) is 0 Å². The van der Waals surface area contributed by atoms with Crippen LogP contribution in [0, 0.1) is 12.7 Å². The summed E-state index contributed by atoms with van der Waals surface area (Å²) in [5.74, 6) is 0.228. The van der Waals surface area contributed by atoms with E-state index in [0.29, 0.717) is 43.9 Å². The number of tetrazole rings is 1. The summed E-state index contributed by atoms with van der Waals surface area (Å²) in [7, 11) is 0. The molecule has 0 saturated carbocycles. The van der Waals surface area contributed by atoms with Gasteiger partial charge in [-0.3, -0.25) is 9.69 Å². The van der Waals surface area contributed by atoms with Crippen LogP contribution in [0.1, 0.15) is 41.4 Å². The fourth-order valence-electron chi connectivity index (χ4n) is 4.47. The Balaban J connectivity index is 1.60. The number of fused-ring (bicyclic) bond motifs is 1. The molecule has 1 fully saturated rings. The van der Waals surface area contributed by atoms with E-state index < -0.39 is 6.04 Å². The highest BCUT2D eigenvalue weighted by Crippen LogP contribution is 2.30. The van der Waals surface area contributed by atoms with Gasteiger partial charge in [-0.05, 0) is 71.5 Å². The van der Waals surface area contributed by atoms with Crippen LogP contribution in [-0.2, 0) is 6.54 Å². The van der Waals surface area contributed by atoms with Crippen molar-refractivity contribution >= 4 is 10.9 Å². The van der Waals surface area contributed by atoms with E-state index in [1.165, 1.54) is 12.1 Å².